The minimum atomic E-state index is -0.467. The van der Waals surface area contributed by atoms with E-state index in [9.17, 15) is 14.4 Å². The van der Waals surface area contributed by atoms with Crippen LogP contribution in [0.15, 0.2) is 54.6 Å². The van der Waals surface area contributed by atoms with E-state index in [1.54, 1.807) is 29.2 Å². The lowest BCUT2D eigenvalue weighted by molar-refractivity contribution is -0.136. The highest BCUT2D eigenvalue weighted by molar-refractivity contribution is 5.98. The van der Waals surface area contributed by atoms with E-state index in [0.717, 1.165) is 12.0 Å². The Bertz CT molecular complexity index is 836. The molecule has 140 valence electrons. The molecular formula is C21H23N3O3. The van der Waals surface area contributed by atoms with Gasteiger partial charge in [0.25, 0.3) is 0 Å². The first-order valence-electron chi connectivity index (χ1n) is 9.05. The van der Waals surface area contributed by atoms with Gasteiger partial charge in [-0.3, -0.25) is 14.4 Å². The van der Waals surface area contributed by atoms with Crippen molar-refractivity contribution in [2.24, 2.45) is 0 Å². The van der Waals surface area contributed by atoms with Crippen LogP contribution in [0.1, 0.15) is 25.3 Å². The Kier molecular flexibility index (Phi) is 5.86. The fourth-order valence-corrected chi connectivity index (χ4v) is 3.31. The summed E-state index contributed by atoms with van der Waals surface area (Å²) in [5, 5.41) is 5.55. The normalized spacial score (nSPS) is 16.0. The molecule has 2 aromatic carbocycles. The molecule has 1 aliphatic rings. The maximum atomic E-state index is 12.7. The van der Waals surface area contributed by atoms with Crippen LogP contribution in [0, 0.1) is 0 Å². The third-order valence-corrected chi connectivity index (χ3v) is 4.52. The highest BCUT2D eigenvalue weighted by Gasteiger charge is 2.33. The molecule has 3 rings (SSSR count). The van der Waals surface area contributed by atoms with Crippen LogP contribution in [0.2, 0.25) is 0 Å². The molecule has 1 fully saturated rings. The van der Waals surface area contributed by atoms with Crippen LogP contribution in [-0.4, -0.2) is 35.2 Å². The number of hydrogen-bond acceptors (Lipinski definition) is 3. The molecule has 6 nitrogen and oxygen atoms in total. The number of amides is 3. The van der Waals surface area contributed by atoms with Gasteiger partial charge in [-0.05, 0) is 36.6 Å². The van der Waals surface area contributed by atoms with Gasteiger partial charge in [-0.1, -0.05) is 36.4 Å². The SMILES string of the molecule is CC(=O)Nc1cccc(NC(=O)C2CCCN2C(=O)Cc2ccccc2)c1. The number of likely N-dealkylation sites (tertiary alicyclic amines) is 1. The summed E-state index contributed by atoms with van der Waals surface area (Å²) < 4.78 is 0. The van der Waals surface area contributed by atoms with E-state index < -0.39 is 6.04 Å². The summed E-state index contributed by atoms with van der Waals surface area (Å²) in [6, 6.07) is 16.0. The number of anilines is 2. The van der Waals surface area contributed by atoms with Crippen molar-refractivity contribution in [2.45, 2.75) is 32.2 Å². The minimum Gasteiger partial charge on any atom is -0.330 e. The summed E-state index contributed by atoms with van der Waals surface area (Å²) in [5.41, 5.74) is 2.15. The first-order valence-corrected chi connectivity index (χ1v) is 9.05. The summed E-state index contributed by atoms with van der Waals surface area (Å²) >= 11 is 0. The molecule has 2 N–H and O–H groups in total. The Hall–Kier alpha value is -3.15. The van der Waals surface area contributed by atoms with Gasteiger partial charge in [0.05, 0.1) is 6.42 Å². The molecule has 1 saturated heterocycles. The summed E-state index contributed by atoms with van der Waals surface area (Å²) in [6.07, 6.45) is 1.75. The molecule has 0 spiro atoms. The van der Waals surface area contributed by atoms with Crippen LogP contribution in [0.5, 0.6) is 0 Å². The monoisotopic (exact) mass is 365 g/mol. The van der Waals surface area contributed by atoms with Crippen LogP contribution < -0.4 is 10.6 Å². The minimum absolute atomic E-state index is 0.0363. The van der Waals surface area contributed by atoms with Crippen LogP contribution >= 0.6 is 0 Å². The number of nitrogens with one attached hydrogen (secondary N) is 2. The van der Waals surface area contributed by atoms with E-state index in [1.165, 1.54) is 6.92 Å². The molecule has 1 unspecified atom stereocenters. The Morgan fingerprint density at radius 1 is 1.00 bits per heavy atom. The third kappa shape index (κ3) is 4.94. The standard InChI is InChI=1S/C21H23N3O3/c1-15(25)22-17-9-5-10-18(14-17)23-21(27)19-11-6-12-24(19)20(26)13-16-7-3-2-4-8-16/h2-5,7-10,14,19H,6,11-13H2,1H3,(H,22,25)(H,23,27). The average molecular weight is 365 g/mol. The Morgan fingerprint density at radius 3 is 2.41 bits per heavy atom. The molecule has 0 bridgehead atoms. The molecule has 0 aromatic heterocycles. The van der Waals surface area contributed by atoms with Crippen LogP contribution in [-0.2, 0) is 20.8 Å². The van der Waals surface area contributed by atoms with Gasteiger partial charge in [0.15, 0.2) is 0 Å². The lowest BCUT2D eigenvalue weighted by Crippen LogP contribution is -2.43. The van der Waals surface area contributed by atoms with E-state index in [-0.39, 0.29) is 17.7 Å². The van der Waals surface area contributed by atoms with E-state index >= 15 is 0 Å². The van der Waals surface area contributed by atoms with Gasteiger partial charge in [-0.25, -0.2) is 0 Å². The van der Waals surface area contributed by atoms with Crippen molar-refractivity contribution in [1.82, 2.24) is 4.90 Å². The predicted octanol–water partition coefficient (Wildman–Crippen LogP) is 2.82. The third-order valence-electron chi connectivity index (χ3n) is 4.52. The highest BCUT2D eigenvalue weighted by Crippen LogP contribution is 2.22. The van der Waals surface area contributed by atoms with Crippen molar-refractivity contribution in [1.29, 1.82) is 0 Å². The van der Waals surface area contributed by atoms with Crippen LogP contribution in [0.25, 0.3) is 0 Å². The summed E-state index contributed by atoms with van der Waals surface area (Å²) in [6.45, 7) is 2.02. The molecule has 3 amide bonds. The predicted molar refractivity (Wildman–Crippen MR) is 104 cm³/mol. The highest BCUT2D eigenvalue weighted by atomic mass is 16.2. The zero-order valence-corrected chi connectivity index (χ0v) is 15.3. The van der Waals surface area contributed by atoms with Gasteiger partial charge < -0.3 is 15.5 Å². The number of rotatable bonds is 5. The zero-order chi connectivity index (χ0) is 19.2. The summed E-state index contributed by atoms with van der Waals surface area (Å²) in [7, 11) is 0. The fourth-order valence-electron chi connectivity index (χ4n) is 3.31. The number of carbonyl (C=O) groups excluding carboxylic acids is 3. The van der Waals surface area contributed by atoms with Crippen LogP contribution in [0.3, 0.4) is 0 Å². The van der Waals surface area contributed by atoms with Crippen molar-refractivity contribution in [2.75, 3.05) is 17.2 Å². The lowest BCUT2D eigenvalue weighted by Gasteiger charge is -2.24. The van der Waals surface area contributed by atoms with Crippen molar-refractivity contribution in [3.63, 3.8) is 0 Å². The number of carbonyl (C=O) groups is 3. The Morgan fingerprint density at radius 2 is 1.70 bits per heavy atom. The summed E-state index contributed by atoms with van der Waals surface area (Å²) in [5.74, 6) is -0.410. The van der Waals surface area contributed by atoms with E-state index in [0.29, 0.717) is 30.8 Å². The molecular weight excluding hydrogens is 342 g/mol. The molecule has 27 heavy (non-hydrogen) atoms. The van der Waals surface area contributed by atoms with E-state index in [4.69, 9.17) is 0 Å². The second-order valence-electron chi connectivity index (χ2n) is 6.66. The number of hydrogen-bond donors (Lipinski definition) is 2. The fraction of sp³-hybridized carbons (Fsp3) is 0.286. The molecule has 0 radical (unpaired) electrons. The van der Waals surface area contributed by atoms with E-state index in [2.05, 4.69) is 10.6 Å². The van der Waals surface area contributed by atoms with Gasteiger partial charge in [0, 0.05) is 24.8 Å². The molecule has 1 aliphatic heterocycles. The second-order valence-corrected chi connectivity index (χ2v) is 6.66. The maximum Gasteiger partial charge on any atom is 0.247 e. The summed E-state index contributed by atoms with van der Waals surface area (Å²) in [4.78, 5) is 38.2. The first kappa shape index (κ1) is 18.6. The Balaban J connectivity index is 1.65. The van der Waals surface area contributed by atoms with Crippen molar-refractivity contribution < 1.29 is 14.4 Å². The topological polar surface area (TPSA) is 78.5 Å². The molecule has 0 saturated carbocycles. The molecule has 1 heterocycles. The molecule has 0 aliphatic carbocycles. The largest absolute Gasteiger partial charge is 0.330 e. The first-order chi connectivity index (χ1) is 13.0. The zero-order valence-electron chi connectivity index (χ0n) is 15.3. The van der Waals surface area contributed by atoms with Crippen molar-refractivity contribution in [3.05, 3.63) is 60.2 Å². The van der Waals surface area contributed by atoms with Crippen molar-refractivity contribution >= 4 is 29.1 Å². The maximum absolute atomic E-state index is 12.7. The van der Waals surface area contributed by atoms with Gasteiger partial charge >= 0.3 is 0 Å². The lowest BCUT2D eigenvalue weighted by atomic mass is 10.1. The second kappa shape index (κ2) is 8.49. The van der Waals surface area contributed by atoms with Gasteiger partial charge in [-0.2, -0.15) is 0 Å². The quantitative estimate of drug-likeness (QED) is 0.855. The van der Waals surface area contributed by atoms with Gasteiger partial charge in [0.1, 0.15) is 6.04 Å². The number of nitrogens with zero attached hydrogens (tertiary/aromatic N) is 1. The van der Waals surface area contributed by atoms with Gasteiger partial charge in [-0.15, -0.1) is 0 Å². The Labute approximate surface area is 158 Å². The smallest absolute Gasteiger partial charge is 0.247 e. The van der Waals surface area contributed by atoms with Crippen LogP contribution in [0.4, 0.5) is 11.4 Å². The molecule has 1 atom stereocenters. The molecule has 6 heteroatoms. The number of benzene rings is 2. The average Bonchev–Trinajstić information content (AvgIpc) is 3.12. The van der Waals surface area contributed by atoms with Gasteiger partial charge in [0.2, 0.25) is 17.7 Å². The van der Waals surface area contributed by atoms with Crippen molar-refractivity contribution in [3.8, 4) is 0 Å². The molecule has 2 aromatic rings. The van der Waals surface area contributed by atoms with E-state index in [1.807, 2.05) is 30.3 Å².